The second kappa shape index (κ2) is 7.36. The van der Waals surface area contributed by atoms with E-state index in [-0.39, 0.29) is 16.7 Å². The van der Waals surface area contributed by atoms with E-state index in [1.807, 2.05) is 0 Å². The predicted molar refractivity (Wildman–Crippen MR) is 97.1 cm³/mol. The fourth-order valence-electron chi connectivity index (χ4n) is 3.51. The van der Waals surface area contributed by atoms with E-state index in [0.717, 1.165) is 12.8 Å². The van der Waals surface area contributed by atoms with Gasteiger partial charge in [0.2, 0.25) is 15.9 Å². The maximum atomic E-state index is 12.8. The van der Waals surface area contributed by atoms with Crippen LogP contribution in [0.4, 0.5) is 0 Å². The molecule has 0 bridgehead atoms. The van der Waals surface area contributed by atoms with Crippen molar-refractivity contribution in [3.63, 3.8) is 0 Å². The molecule has 0 radical (unpaired) electrons. The van der Waals surface area contributed by atoms with Gasteiger partial charge in [-0.2, -0.15) is 4.31 Å². The molecule has 2 aliphatic heterocycles. The van der Waals surface area contributed by atoms with Crippen LogP contribution in [0.15, 0.2) is 29.2 Å². The first-order chi connectivity index (χ1) is 12.3. The van der Waals surface area contributed by atoms with Crippen molar-refractivity contribution in [1.29, 1.82) is 0 Å². The Balaban J connectivity index is 1.77. The minimum Gasteiger partial charge on any atom is -0.353 e. The number of nitrogens with one attached hydrogen (secondary N) is 1. The van der Waals surface area contributed by atoms with Gasteiger partial charge in [-0.3, -0.25) is 9.59 Å². The lowest BCUT2D eigenvalue weighted by molar-refractivity contribution is -0.127. The van der Waals surface area contributed by atoms with E-state index in [1.54, 1.807) is 6.92 Å². The number of carbonyl (C=O) groups is 2. The van der Waals surface area contributed by atoms with Crippen LogP contribution >= 0.6 is 0 Å². The van der Waals surface area contributed by atoms with Crippen molar-refractivity contribution in [3.05, 3.63) is 29.8 Å². The number of piperazine rings is 1. The van der Waals surface area contributed by atoms with Crippen LogP contribution in [0.25, 0.3) is 0 Å². The van der Waals surface area contributed by atoms with Crippen molar-refractivity contribution in [2.24, 2.45) is 5.92 Å². The van der Waals surface area contributed by atoms with E-state index in [2.05, 4.69) is 12.2 Å². The number of hydrogen-bond donors (Lipinski definition) is 1. The summed E-state index contributed by atoms with van der Waals surface area (Å²) in [5.74, 6) is -0.0861. The lowest BCUT2D eigenvalue weighted by atomic mass is 10.0. The molecular weight excluding hydrogens is 354 g/mol. The van der Waals surface area contributed by atoms with Crippen LogP contribution < -0.4 is 5.32 Å². The summed E-state index contributed by atoms with van der Waals surface area (Å²) in [4.78, 5) is 26.1. The van der Waals surface area contributed by atoms with E-state index in [1.165, 1.54) is 33.5 Å². The second-order valence-corrected chi connectivity index (χ2v) is 9.04. The molecule has 8 heteroatoms. The van der Waals surface area contributed by atoms with Crippen molar-refractivity contribution < 1.29 is 18.0 Å². The molecular formula is C18H25N3O4S. The Kier molecular flexibility index (Phi) is 5.34. The Hall–Kier alpha value is -1.93. The molecule has 2 atom stereocenters. The largest absolute Gasteiger partial charge is 0.353 e. The van der Waals surface area contributed by atoms with Gasteiger partial charge in [0.1, 0.15) is 6.04 Å². The Bertz CT molecular complexity index is 791. The van der Waals surface area contributed by atoms with Crippen LogP contribution in [0, 0.1) is 5.92 Å². The lowest BCUT2D eigenvalue weighted by Gasteiger charge is -2.33. The summed E-state index contributed by atoms with van der Waals surface area (Å²) in [6.07, 6.45) is 1.91. The first-order valence-corrected chi connectivity index (χ1v) is 10.4. The summed E-state index contributed by atoms with van der Waals surface area (Å²) in [6.45, 7) is 5.67. The maximum absolute atomic E-state index is 12.8. The molecule has 2 aliphatic rings. The van der Waals surface area contributed by atoms with Crippen molar-refractivity contribution in [1.82, 2.24) is 14.5 Å². The molecule has 1 aromatic rings. The van der Waals surface area contributed by atoms with Gasteiger partial charge in [0, 0.05) is 31.7 Å². The van der Waals surface area contributed by atoms with E-state index >= 15 is 0 Å². The second-order valence-electron chi connectivity index (χ2n) is 7.10. The van der Waals surface area contributed by atoms with Crippen molar-refractivity contribution >= 4 is 21.8 Å². The number of hydrogen-bond acceptors (Lipinski definition) is 4. The number of amides is 2. The molecule has 1 aromatic carbocycles. The molecule has 2 heterocycles. The fourth-order valence-corrected chi connectivity index (χ4v) is 5.11. The quantitative estimate of drug-likeness (QED) is 0.851. The molecule has 1 N–H and O–H groups in total. The fraction of sp³-hybridized carbons (Fsp3) is 0.556. The van der Waals surface area contributed by atoms with E-state index in [4.69, 9.17) is 0 Å². The Morgan fingerprint density at radius 1 is 1.15 bits per heavy atom. The smallest absolute Gasteiger partial charge is 0.254 e. The molecule has 0 saturated carbocycles. The van der Waals surface area contributed by atoms with E-state index in [0.29, 0.717) is 37.7 Å². The van der Waals surface area contributed by atoms with Gasteiger partial charge in [-0.15, -0.1) is 0 Å². The first kappa shape index (κ1) is 18.8. The Morgan fingerprint density at radius 3 is 2.50 bits per heavy atom. The standard InChI is InChI=1S/C18H25N3O4S/c1-13-4-3-10-20(12-13)26(24,25)16-7-5-15(6-8-16)18(23)21-11-9-19-17(22)14(21)2/h5-8,13-14H,3-4,9-12H2,1-2H3,(H,19,22). The first-order valence-electron chi connectivity index (χ1n) is 8.99. The monoisotopic (exact) mass is 379 g/mol. The summed E-state index contributed by atoms with van der Waals surface area (Å²) >= 11 is 0. The zero-order valence-electron chi connectivity index (χ0n) is 15.1. The van der Waals surface area contributed by atoms with E-state index in [9.17, 15) is 18.0 Å². The van der Waals surface area contributed by atoms with Gasteiger partial charge in [0.25, 0.3) is 5.91 Å². The molecule has 2 amide bonds. The third-order valence-electron chi connectivity index (χ3n) is 5.12. The minimum absolute atomic E-state index is 0.178. The zero-order chi connectivity index (χ0) is 18.9. The average Bonchev–Trinajstić information content (AvgIpc) is 2.63. The molecule has 3 rings (SSSR count). The minimum atomic E-state index is -3.54. The molecule has 2 unspecified atom stereocenters. The van der Waals surface area contributed by atoms with Crippen LogP contribution in [0.3, 0.4) is 0 Å². The summed E-state index contributed by atoms with van der Waals surface area (Å²) in [5.41, 5.74) is 0.387. The van der Waals surface area contributed by atoms with Gasteiger partial charge in [-0.25, -0.2) is 8.42 Å². The highest BCUT2D eigenvalue weighted by Gasteiger charge is 2.31. The topological polar surface area (TPSA) is 86.8 Å². The number of nitrogens with zero attached hydrogens (tertiary/aromatic N) is 2. The Labute approximate surface area is 154 Å². The highest BCUT2D eigenvalue weighted by atomic mass is 32.2. The predicted octanol–water partition coefficient (Wildman–Crippen LogP) is 1.07. The summed E-state index contributed by atoms with van der Waals surface area (Å²) in [7, 11) is -3.54. The number of carbonyl (C=O) groups excluding carboxylic acids is 2. The average molecular weight is 379 g/mol. The van der Waals surface area contributed by atoms with Gasteiger partial charge in [-0.1, -0.05) is 6.92 Å². The summed E-state index contributed by atoms with van der Waals surface area (Å²) in [5, 5.41) is 2.72. The molecule has 0 aliphatic carbocycles. The maximum Gasteiger partial charge on any atom is 0.254 e. The van der Waals surface area contributed by atoms with Gasteiger partial charge < -0.3 is 10.2 Å². The van der Waals surface area contributed by atoms with Crippen LogP contribution in [0.2, 0.25) is 0 Å². The number of benzene rings is 1. The van der Waals surface area contributed by atoms with Gasteiger partial charge in [0.15, 0.2) is 0 Å². The third kappa shape index (κ3) is 3.61. The number of rotatable bonds is 3. The highest BCUT2D eigenvalue weighted by molar-refractivity contribution is 7.89. The zero-order valence-corrected chi connectivity index (χ0v) is 16.0. The molecule has 2 saturated heterocycles. The van der Waals surface area contributed by atoms with Crippen LogP contribution in [0.1, 0.15) is 37.0 Å². The highest BCUT2D eigenvalue weighted by Crippen LogP contribution is 2.24. The SMILES string of the molecule is CC1CCCN(S(=O)(=O)c2ccc(C(=O)N3CCNC(=O)C3C)cc2)C1. The van der Waals surface area contributed by atoms with Crippen molar-refractivity contribution in [2.75, 3.05) is 26.2 Å². The van der Waals surface area contributed by atoms with Crippen LogP contribution in [-0.4, -0.2) is 61.7 Å². The van der Waals surface area contributed by atoms with Gasteiger partial charge in [-0.05, 0) is 49.9 Å². The van der Waals surface area contributed by atoms with Crippen molar-refractivity contribution in [3.8, 4) is 0 Å². The van der Waals surface area contributed by atoms with Crippen LogP contribution in [0.5, 0.6) is 0 Å². The van der Waals surface area contributed by atoms with Crippen molar-refractivity contribution in [2.45, 2.75) is 37.6 Å². The summed E-state index contributed by atoms with van der Waals surface area (Å²) in [6, 6.07) is 5.49. The molecule has 26 heavy (non-hydrogen) atoms. The number of piperidine rings is 1. The third-order valence-corrected chi connectivity index (χ3v) is 7.00. The molecule has 2 fully saturated rings. The molecule has 0 spiro atoms. The number of sulfonamides is 1. The van der Waals surface area contributed by atoms with Gasteiger partial charge in [0.05, 0.1) is 4.90 Å². The van der Waals surface area contributed by atoms with E-state index < -0.39 is 16.1 Å². The molecule has 0 aromatic heterocycles. The van der Waals surface area contributed by atoms with Gasteiger partial charge >= 0.3 is 0 Å². The Morgan fingerprint density at radius 2 is 1.85 bits per heavy atom. The lowest BCUT2D eigenvalue weighted by Crippen LogP contribution is -2.55. The normalized spacial score (nSPS) is 25.0. The molecule has 7 nitrogen and oxygen atoms in total. The molecule has 142 valence electrons. The summed E-state index contributed by atoms with van der Waals surface area (Å²) < 4.78 is 27.1. The van der Waals surface area contributed by atoms with Crippen LogP contribution in [-0.2, 0) is 14.8 Å².